The van der Waals surface area contributed by atoms with Crippen molar-refractivity contribution in [2.24, 2.45) is 0 Å². The molecule has 3 N–H and O–H groups in total. The number of hydrogen-bond acceptors (Lipinski definition) is 5. The number of methoxy groups -OCH3 is 1. The lowest BCUT2D eigenvalue weighted by Crippen LogP contribution is -2.28. The minimum Gasteiger partial charge on any atom is -0.497 e. The lowest BCUT2D eigenvalue weighted by molar-refractivity contribution is 0.414. The van der Waals surface area contributed by atoms with Gasteiger partial charge in [-0.25, -0.2) is 13.1 Å². The summed E-state index contributed by atoms with van der Waals surface area (Å²) in [6.07, 6.45) is 1.51. The second-order valence-corrected chi connectivity index (χ2v) is 6.87. The van der Waals surface area contributed by atoms with E-state index < -0.39 is 20.8 Å². The van der Waals surface area contributed by atoms with E-state index in [2.05, 4.69) is 4.72 Å². The Morgan fingerprint density at radius 3 is 2.61 bits per heavy atom. The van der Waals surface area contributed by atoms with Crippen molar-refractivity contribution in [1.82, 2.24) is 4.72 Å². The topological polar surface area (TPSA) is 98.5 Å². The molecule has 18 heavy (non-hydrogen) atoms. The molecule has 0 aromatic heterocycles. The second-order valence-electron chi connectivity index (χ2n) is 3.58. The standard InChI is InChI=1S/C10H16N2O4S2/c1-16-8-3-4-10(9(11)7-8)18(14,15)12-5-6-17(2)13/h3-4,7,12H,5-6,11H2,1-2H3. The highest BCUT2D eigenvalue weighted by atomic mass is 32.2. The Balaban J connectivity index is 2.88. The predicted molar refractivity (Wildman–Crippen MR) is 71.5 cm³/mol. The van der Waals surface area contributed by atoms with Crippen LogP contribution in [0.1, 0.15) is 0 Å². The quantitative estimate of drug-likeness (QED) is 0.715. The van der Waals surface area contributed by atoms with E-state index in [-0.39, 0.29) is 22.9 Å². The summed E-state index contributed by atoms with van der Waals surface area (Å²) in [6.45, 7) is 0.108. The summed E-state index contributed by atoms with van der Waals surface area (Å²) in [5.41, 5.74) is 5.77. The number of benzene rings is 1. The van der Waals surface area contributed by atoms with E-state index in [1.807, 2.05) is 0 Å². The van der Waals surface area contributed by atoms with E-state index in [1.54, 1.807) is 0 Å². The smallest absolute Gasteiger partial charge is 0.242 e. The van der Waals surface area contributed by atoms with Crippen LogP contribution in [0.2, 0.25) is 0 Å². The Morgan fingerprint density at radius 1 is 1.44 bits per heavy atom. The van der Waals surface area contributed by atoms with Gasteiger partial charge in [0, 0.05) is 35.4 Å². The summed E-state index contributed by atoms with van der Waals surface area (Å²) in [7, 11) is -3.25. The number of sulfonamides is 1. The molecule has 102 valence electrons. The fraction of sp³-hybridized carbons (Fsp3) is 0.400. The molecule has 0 bridgehead atoms. The molecular formula is C10H16N2O4S2. The Bertz CT molecular complexity index is 543. The molecule has 0 amide bonds. The van der Waals surface area contributed by atoms with Crippen LogP contribution in [0.15, 0.2) is 23.1 Å². The summed E-state index contributed by atoms with van der Waals surface area (Å²) in [6, 6.07) is 4.33. The third-order valence-corrected chi connectivity index (χ3v) is 4.50. The van der Waals surface area contributed by atoms with Crippen molar-refractivity contribution in [1.29, 1.82) is 0 Å². The Kier molecular flexibility index (Phi) is 5.12. The summed E-state index contributed by atoms with van der Waals surface area (Å²) >= 11 is 0. The van der Waals surface area contributed by atoms with Gasteiger partial charge in [-0.3, -0.25) is 4.21 Å². The molecule has 0 saturated heterocycles. The molecule has 0 aliphatic rings. The normalized spacial score (nSPS) is 13.2. The third kappa shape index (κ3) is 3.97. The van der Waals surface area contributed by atoms with Gasteiger partial charge in [0.1, 0.15) is 10.6 Å². The van der Waals surface area contributed by atoms with Crippen LogP contribution in [0.3, 0.4) is 0 Å². The van der Waals surface area contributed by atoms with Gasteiger partial charge < -0.3 is 10.5 Å². The van der Waals surface area contributed by atoms with Crippen LogP contribution in [-0.2, 0) is 20.8 Å². The number of anilines is 1. The van der Waals surface area contributed by atoms with Crippen LogP contribution in [-0.4, -0.2) is 38.3 Å². The maximum atomic E-state index is 11.9. The van der Waals surface area contributed by atoms with Gasteiger partial charge in [-0.05, 0) is 12.1 Å². The van der Waals surface area contributed by atoms with Crippen molar-refractivity contribution in [3.05, 3.63) is 18.2 Å². The first-order valence-corrected chi connectivity index (χ1v) is 8.31. The van der Waals surface area contributed by atoms with Gasteiger partial charge in [0.25, 0.3) is 0 Å². The van der Waals surface area contributed by atoms with Crippen molar-refractivity contribution in [2.75, 3.05) is 31.4 Å². The molecular weight excluding hydrogens is 276 g/mol. The molecule has 1 atom stereocenters. The van der Waals surface area contributed by atoms with Crippen LogP contribution in [0.5, 0.6) is 5.75 Å². The van der Waals surface area contributed by atoms with Gasteiger partial charge in [-0.2, -0.15) is 0 Å². The number of nitrogens with one attached hydrogen (secondary N) is 1. The molecule has 1 aromatic carbocycles. The van der Waals surface area contributed by atoms with Gasteiger partial charge in [-0.1, -0.05) is 0 Å². The number of nitrogen functional groups attached to an aromatic ring is 1. The zero-order chi connectivity index (χ0) is 13.8. The average molecular weight is 292 g/mol. The van der Waals surface area contributed by atoms with Crippen molar-refractivity contribution < 1.29 is 17.4 Å². The molecule has 8 heteroatoms. The zero-order valence-electron chi connectivity index (χ0n) is 10.2. The first-order chi connectivity index (χ1) is 8.36. The van der Waals surface area contributed by atoms with Gasteiger partial charge in [0.15, 0.2) is 0 Å². The monoisotopic (exact) mass is 292 g/mol. The van der Waals surface area contributed by atoms with Crippen LogP contribution < -0.4 is 15.2 Å². The molecule has 0 heterocycles. The van der Waals surface area contributed by atoms with Gasteiger partial charge in [0.2, 0.25) is 10.0 Å². The predicted octanol–water partition coefficient (Wildman–Crippen LogP) is -0.0658. The third-order valence-electron chi connectivity index (χ3n) is 2.19. The first-order valence-electron chi connectivity index (χ1n) is 5.10. The highest BCUT2D eigenvalue weighted by Crippen LogP contribution is 2.23. The maximum Gasteiger partial charge on any atom is 0.242 e. The van der Waals surface area contributed by atoms with Crippen LogP contribution >= 0.6 is 0 Å². The summed E-state index contributed by atoms with van der Waals surface area (Å²) in [5.74, 6) is 0.746. The highest BCUT2D eigenvalue weighted by Gasteiger charge is 2.17. The van der Waals surface area contributed by atoms with Crippen molar-refractivity contribution >= 4 is 26.5 Å². The fourth-order valence-electron chi connectivity index (χ4n) is 1.30. The molecule has 1 rings (SSSR count). The second kappa shape index (κ2) is 6.17. The number of hydrogen-bond donors (Lipinski definition) is 2. The SMILES string of the molecule is COc1ccc(S(=O)(=O)NCCS(C)=O)c(N)c1. The van der Waals surface area contributed by atoms with Crippen molar-refractivity contribution in [3.63, 3.8) is 0 Å². The number of nitrogens with two attached hydrogens (primary N) is 1. The van der Waals surface area contributed by atoms with E-state index in [1.165, 1.54) is 31.6 Å². The minimum atomic E-state index is -3.68. The summed E-state index contributed by atoms with van der Waals surface area (Å²) in [5, 5.41) is 0. The Hall–Kier alpha value is -1.12. The summed E-state index contributed by atoms with van der Waals surface area (Å²) < 4.78 is 41.9. The largest absolute Gasteiger partial charge is 0.497 e. The van der Waals surface area contributed by atoms with Gasteiger partial charge in [-0.15, -0.1) is 0 Å². The first kappa shape index (κ1) is 14.9. The van der Waals surface area contributed by atoms with E-state index in [0.717, 1.165) is 0 Å². The maximum absolute atomic E-state index is 11.9. The number of ether oxygens (including phenoxy) is 1. The molecule has 0 fully saturated rings. The minimum absolute atomic E-state index is 0.00909. The average Bonchev–Trinajstić information content (AvgIpc) is 2.27. The van der Waals surface area contributed by atoms with Crippen LogP contribution in [0.4, 0.5) is 5.69 Å². The molecule has 6 nitrogen and oxygen atoms in total. The molecule has 1 unspecified atom stereocenters. The molecule has 0 aliphatic carbocycles. The lowest BCUT2D eigenvalue weighted by Gasteiger charge is -2.09. The highest BCUT2D eigenvalue weighted by molar-refractivity contribution is 7.89. The van der Waals surface area contributed by atoms with Crippen molar-refractivity contribution in [2.45, 2.75) is 4.90 Å². The fourth-order valence-corrected chi connectivity index (χ4v) is 2.96. The van der Waals surface area contributed by atoms with E-state index in [4.69, 9.17) is 10.5 Å². The lowest BCUT2D eigenvalue weighted by atomic mass is 10.3. The van der Waals surface area contributed by atoms with Crippen molar-refractivity contribution in [3.8, 4) is 5.75 Å². The molecule has 0 aliphatic heterocycles. The van der Waals surface area contributed by atoms with Gasteiger partial charge in [0.05, 0.1) is 12.8 Å². The Morgan fingerprint density at radius 2 is 2.11 bits per heavy atom. The number of rotatable bonds is 6. The van der Waals surface area contributed by atoms with Crippen LogP contribution in [0, 0.1) is 0 Å². The molecule has 1 aromatic rings. The van der Waals surface area contributed by atoms with E-state index in [9.17, 15) is 12.6 Å². The molecule has 0 saturated carbocycles. The van der Waals surface area contributed by atoms with E-state index in [0.29, 0.717) is 5.75 Å². The molecule has 0 radical (unpaired) electrons. The van der Waals surface area contributed by atoms with Crippen LogP contribution in [0.25, 0.3) is 0 Å². The Labute approximate surface area is 109 Å². The summed E-state index contributed by atoms with van der Waals surface area (Å²) in [4.78, 5) is -0.00909. The van der Waals surface area contributed by atoms with E-state index >= 15 is 0 Å². The molecule has 0 spiro atoms. The zero-order valence-corrected chi connectivity index (χ0v) is 11.8. The van der Waals surface area contributed by atoms with Gasteiger partial charge >= 0.3 is 0 Å².